The molecule has 8 nitrogen and oxygen atoms in total. The summed E-state index contributed by atoms with van der Waals surface area (Å²) in [5.74, 6) is -2.04. The van der Waals surface area contributed by atoms with Crippen LogP contribution in [-0.4, -0.2) is 36.7 Å². The van der Waals surface area contributed by atoms with Crippen LogP contribution >= 0.6 is 0 Å². The monoisotopic (exact) mass is 382 g/mol. The summed E-state index contributed by atoms with van der Waals surface area (Å²) in [6.07, 6.45) is 0.529. The third-order valence-electron chi connectivity index (χ3n) is 3.56. The number of nitro groups is 1. The summed E-state index contributed by atoms with van der Waals surface area (Å²) in [5, 5.41) is 20.4. The molecule has 2 rings (SSSR count). The molecule has 2 aromatic carbocycles. The maximum atomic E-state index is 13.1. The van der Waals surface area contributed by atoms with Gasteiger partial charge in [-0.2, -0.15) is 0 Å². The number of sulfonamides is 1. The van der Waals surface area contributed by atoms with E-state index < -0.39 is 32.8 Å². The molecule has 0 spiro atoms. The van der Waals surface area contributed by atoms with E-state index in [2.05, 4.69) is 0 Å². The Morgan fingerprint density at radius 2 is 1.88 bits per heavy atom. The molecule has 10 heteroatoms. The van der Waals surface area contributed by atoms with Gasteiger partial charge in [0.25, 0.3) is 5.69 Å². The van der Waals surface area contributed by atoms with Crippen molar-refractivity contribution in [2.24, 2.45) is 0 Å². The lowest BCUT2D eigenvalue weighted by Crippen LogP contribution is -2.46. The highest BCUT2D eigenvalue weighted by Gasteiger charge is 2.33. The third kappa shape index (κ3) is 4.54. The molecule has 0 fully saturated rings. The van der Waals surface area contributed by atoms with Crippen molar-refractivity contribution in [2.45, 2.75) is 12.5 Å². The molecule has 2 aromatic rings. The first kappa shape index (κ1) is 19.3. The van der Waals surface area contributed by atoms with Crippen LogP contribution in [0.3, 0.4) is 0 Å². The Bertz CT molecular complexity index is 930. The minimum atomic E-state index is -4.03. The number of carboxylic acid groups (broad SMARTS) is 1. The number of non-ortho nitro benzene ring substituents is 1. The van der Waals surface area contributed by atoms with E-state index in [9.17, 15) is 32.8 Å². The molecule has 0 aliphatic rings. The highest BCUT2D eigenvalue weighted by Crippen LogP contribution is 2.24. The quantitative estimate of drug-likeness (QED) is 0.579. The van der Waals surface area contributed by atoms with Crippen LogP contribution in [0.4, 0.5) is 15.8 Å². The van der Waals surface area contributed by atoms with Crippen LogP contribution in [0.2, 0.25) is 0 Å². The van der Waals surface area contributed by atoms with E-state index in [1.54, 1.807) is 0 Å². The summed E-state index contributed by atoms with van der Waals surface area (Å²) < 4.78 is 38.2. The van der Waals surface area contributed by atoms with Crippen molar-refractivity contribution in [3.63, 3.8) is 0 Å². The number of halogens is 1. The topological polar surface area (TPSA) is 118 Å². The second-order valence-electron chi connectivity index (χ2n) is 5.52. The molecule has 26 heavy (non-hydrogen) atoms. The predicted octanol–water partition coefficient (Wildman–Crippen LogP) is 2.20. The second kappa shape index (κ2) is 7.48. The van der Waals surface area contributed by atoms with Crippen LogP contribution in [-0.2, 0) is 21.2 Å². The molecular formula is C16H15FN2O6S. The lowest BCUT2D eigenvalue weighted by molar-refractivity contribution is -0.384. The minimum absolute atomic E-state index is 0.0215. The number of anilines is 1. The van der Waals surface area contributed by atoms with Crippen molar-refractivity contribution in [2.75, 3.05) is 10.6 Å². The van der Waals surface area contributed by atoms with Crippen LogP contribution in [0.1, 0.15) is 5.56 Å². The van der Waals surface area contributed by atoms with Crippen LogP contribution in [0.25, 0.3) is 0 Å². The maximum Gasteiger partial charge on any atom is 0.327 e. The summed E-state index contributed by atoms with van der Waals surface area (Å²) in [7, 11) is -4.03. The summed E-state index contributed by atoms with van der Waals surface area (Å²) in [5.41, 5.74) is 0.0217. The number of carbonyl (C=O) groups is 1. The largest absolute Gasteiger partial charge is 0.480 e. The van der Waals surface area contributed by atoms with Gasteiger partial charge in [-0.05, 0) is 29.8 Å². The highest BCUT2D eigenvalue weighted by atomic mass is 32.2. The van der Waals surface area contributed by atoms with E-state index in [-0.39, 0.29) is 23.4 Å². The Hall–Kier alpha value is -3.01. The molecule has 0 amide bonds. The number of nitrogens with zero attached hydrogens (tertiary/aromatic N) is 2. The van der Waals surface area contributed by atoms with Gasteiger partial charge in [-0.15, -0.1) is 0 Å². The lowest BCUT2D eigenvalue weighted by Gasteiger charge is -2.28. The first-order valence-electron chi connectivity index (χ1n) is 7.30. The number of rotatable bonds is 7. The standard InChI is InChI=1S/C16H15FN2O6S/c1-26(24,25)18(13-7-5-12(17)6-8-13)15(16(20)21)10-11-3-2-4-14(9-11)19(22)23/h2-9,15H,10H2,1H3,(H,20,21)/t15-/m0/s1. The highest BCUT2D eigenvalue weighted by molar-refractivity contribution is 7.92. The van der Waals surface area contributed by atoms with Crippen molar-refractivity contribution < 1.29 is 27.6 Å². The van der Waals surface area contributed by atoms with E-state index >= 15 is 0 Å². The minimum Gasteiger partial charge on any atom is -0.480 e. The van der Waals surface area contributed by atoms with Gasteiger partial charge in [0.05, 0.1) is 16.9 Å². The van der Waals surface area contributed by atoms with E-state index in [1.807, 2.05) is 0 Å². The second-order valence-corrected chi connectivity index (χ2v) is 7.38. The van der Waals surface area contributed by atoms with Crippen LogP contribution < -0.4 is 4.31 Å². The van der Waals surface area contributed by atoms with Crippen LogP contribution in [0, 0.1) is 15.9 Å². The van der Waals surface area contributed by atoms with Crippen molar-refractivity contribution in [1.82, 2.24) is 0 Å². The number of hydrogen-bond donors (Lipinski definition) is 1. The molecule has 1 N–H and O–H groups in total. The van der Waals surface area contributed by atoms with Gasteiger partial charge in [0.1, 0.15) is 11.9 Å². The molecule has 0 aliphatic carbocycles. The third-order valence-corrected chi connectivity index (χ3v) is 4.74. The normalized spacial score (nSPS) is 12.4. The number of hydrogen-bond acceptors (Lipinski definition) is 5. The Labute approximate surface area is 148 Å². The zero-order chi connectivity index (χ0) is 19.5. The van der Waals surface area contributed by atoms with Crippen LogP contribution in [0.5, 0.6) is 0 Å². The molecule has 0 unspecified atom stereocenters. The summed E-state index contributed by atoms with van der Waals surface area (Å²) in [4.78, 5) is 22.0. The lowest BCUT2D eigenvalue weighted by atomic mass is 10.0. The average Bonchev–Trinajstić information content (AvgIpc) is 2.55. The molecule has 0 radical (unpaired) electrons. The molecule has 138 valence electrons. The first-order valence-corrected chi connectivity index (χ1v) is 9.15. The van der Waals surface area contributed by atoms with Gasteiger partial charge in [0, 0.05) is 18.6 Å². The van der Waals surface area contributed by atoms with Gasteiger partial charge in [0.2, 0.25) is 10.0 Å². The fourth-order valence-electron chi connectivity index (χ4n) is 2.48. The van der Waals surface area contributed by atoms with Crippen LogP contribution in [0.15, 0.2) is 48.5 Å². The molecular weight excluding hydrogens is 367 g/mol. The molecule has 0 aromatic heterocycles. The van der Waals surface area contributed by atoms with Gasteiger partial charge in [-0.3, -0.25) is 14.4 Å². The maximum absolute atomic E-state index is 13.1. The smallest absolute Gasteiger partial charge is 0.327 e. The molecule has 0 heterocycles. The predicted molar refractivity (Wildman–Crippen MR) is 91.9 cm³/mol. The Kier molecular flexibility index (Phi) is 5.56. The molecule has 0 aliphatic heterocycles. The average molecular weight is 382 g/mol. The zero-order valence-corrected chi connectivity index (χ0v) is 14.4. The Balaban J connectivity index is 2.48. The van der Waals surface area contributed by atoms with Gasteiger partial charge >= 0.3 is 5.97 Å². The van der Waals surface area contributed by atoms with E-state index in [0.29, 0.717) is 4.31 Å². The molecule has 1 atom stereocenters. The number of nitro benzene ring substituents is 1. The van der Waals surface area contributed by atoms with Gasteiger partial charge in [0.15, 0.2) is 0 Å². The molecule has 0 saturated carbocycles. The fraction of sp³-hybridized carbons (Fsp3) is 0.188. The van der Waals surface area contributed by atoms with Crippen molar-refractivity contribution >= 4 is 27.4 Å². The van der Waals surface area contributed by atoms with E-state index in [1.165, 1.54) is 24.3 Å². The van der Waals surface area contributed by atoms with E-state index in [4.69, 9.17) is 0 Å². The van der Waals surface area contributed by atoms with Gasteiger partial charge < -0.3 is 5.11 Å². The summed E-state index contributed by atoms with van der Waals surface area (Å²) in [6.45, 7) is 0. The first-order chi connectivity index (χ1) is 12.1. The molecule has 0 saturated heterocycles. The number of benzene rings is 2. The Morgan fingerprint density at radius 3 is 2.38 bits per heavy atom. The van der Waals surface area contributed by atoms with E-state index in [0.717, 1.165) is 30.5 Å². The molecule has 0 bridgehead atoms. The number of aliphatic carboxylic acids is 1. The Morgan fingerprint density at radius 1 is 1.27 bits per heavy atom. The van der Waals surface area contributed by atoms with Crippen molar-refractivity contribution in [1.29, 1.82) is 0 Å². The summed E-state index contributed by atoms with van der Waals surface area (Å²) >= 11 is 0. The van der Waals surface area contributed by atoms with Gasteiger partial charge in [-0.25, -0.2) is 17.6 Å². The SMILES string of the molecule is CS(=O)(=O)N(c1ccc(F)cc1)[C@@H](Cc1cccc([N+](=O)[O-])c1)C(=O)O. The number of carboxylic acids is 1. The van der Waals surface area contributed by atoms with Gasteiger partial charge in [-0.1, -0.05) is 12.1 Å². The fourth-order valence-corrected chi connectivity index (χ4v) is 3.61. The van der Waals surface area contributed by atoms with Crippen molar-refractivity contribution in [3.8, 4) is 0 Å². The van der Waals surface area contributed by atoms with Crippen molar-refractivity contribution in [3.05, 3.63) is 70.0 Å². The summed E-state index contributed by atoms with van der Waals surface area (Å²) in [6, 6.07) is 8.05. The zero-order valence-electron chi connectivity index (χ0n) is 13.6.